The third-order valence-electron chi connectivity index (χ3n) is 3.17. The van der Waals surface area contributed by atoms with E-state index in [1.54, 1.807) is 18.3 Å². The van der Waals surface area contributed by atoms with Gasteiger partial charge in [-0.2, -0.15) is 5.10 Å². The maximum absolute atomic E-state index is 11.8. The van der Waals surface area contributed by atoms with Crippen molar-refractivity contribution >= 4 is 11.8 Å². The van der Waals surface area contributed by atoms with Crippen LogP contribution in [0.4, 0.5) is 0 Å². The minimum Gasteiger partial charge on any atom is -0.355 e. The van der Waals surface area contributed by atoms with Crippen LogP contribution >= 0.6 is 0 Å². The summed E-state index contributed by atoms with van der Waals surface area (Å²) >= 11 is 0. The fourth-order valence-electron chi connectivity index (χ4n) is 1.93. The average Bonchev–Trinajstić information content (AvgIpc) is 3.03. The van der Waals surface area contributed by atoms with E-state index in [-0.39, 0.29) is 18.4 Å². The van der Waals surface area contributed by atoms with Crippen molar-refractivity contribution in [2.24, 2.45) is 0 Å². The zero-order valence-electron chi connectivity index (χ0n) is 12.6. The number of hydrogen-bond acceptors (Lipinski definition) is 3. The average molecular weight is 300 g/mol. The van der Waals surface area contributed by atoms with Gasteiger partial charge in [-0.3, -0.25) is 14.3 Å². The summed E-state index contributed by atoms with van der Waals surface area (Å²) in [6, 6.07) is 9.08. The highest BCUT2D eigenvalue weighted by Gasteiger charge is 2.07. The smallest absolute Gasteiger partial charge is 0.251 e. The van der Waals surface area contributed by atoms with Gasteiger partial charge in [-0.1, -0.05) is 17.7 Å². The summed E-state index contributed by atoms with van der Waals surface area (Å²) < 4.78 is 1.81. The van der Waals surface area contributed by atoms with Crippen LogP contribution in [-0.2, 0) is 11.3 Å². The van der Waals surface area contributed by atoms with E-state index in [2.05, 4.69) is 15.7 Å². The summed E-state index contributed by atoms with van der Waals surface area (Å²) in [6.45, 7) is 3.25. The molecule has 0 bridgehead atoms. The Hall–Kier alpha value is -2.63. The molecule has 0 saturated carbocycles. The van der Waals surface area contributed by atoms with Gasteiger partial charge in [-0.05, 0) is 31.5 Å². The van der Waals surface area contributed by atoms with Gasteiger partial charge < -0.3 is 10.6 Å². The molecule has 0 saturated heterocycles. The summed E-state index contributed by atoms with van der Waals surface area (Å²) in [5.41, 5.74) is 1.64. The van der Waals surface area contributed by atoms with E-state index >= 15 is 0 Å². The summed E-state index contributed by atoms with van der Waals surface area (Å²) in [5, 5.41) is 9.45. The van der Waals surface area contributed by atoms with E-state index in [1.165, 1.54) is 0 Å². The van der Waals surface area contributed by atoms with Crippen LogP contribution < -0.4 is 10.6 Å². The van der Waals surface area contributed by atoms with Gasteiger partial charge in [0.05, 0.1) is 6.54 Å². The maximum atomic E-state index is 11.8. The van der Waals surface area contributed by atoms with E-state index in [4.69, 9.17) is 0 Å². The molecular formula is C16H20N4O2. The lowest BCUT2D eigenvalue weighted by atomic mass is 10.1. The second-order valence-corrected chi connectivity index (χ2v) is 5.02. The van der Waals surface area contributed by atoms with Crippen molar-refractivity contribution in [3.63, 3.8) is 0 Å². The van der Waals surface area contributed by atoms with E-state index in [0.29, 0.717) is 12.1 Å². The van der Waals surface area contributed by atoms with E-state index in [0.717, 1.165) is 18.5 Å². The molecule has 0 spiro atoms. The SMILES string of the molecule is Cc1ccc(C(=O)NCC(=O)NCCCn2cccn2)cc1. The predicted octanol–water partition coefficient (Wildman–Crippen LogP) is 1.13. The number of hydrogen-bond donors (Lipinski definition) is 2. The highest BCUT2D eigenvalue weighted by atomic mass is 16.2. The van der Waals surface area contributed by atoms with Crippen molar-refractivity contribution in [2.45, 2.75) is 19.9 Å². The topological polar surface area (TPSA) is 76.0 Å². The summed E-state index contributed by atoms with van der Waals surface area (Å²) in [7, 11) is 0. The monoisotopic (exact) mass is 300 g/mol. The minimum atomic E-state index is -0.244. The Morgan fingerprint density at radius 1 is 1.18 bits per heavy atom. The second kappa shape index (κ2) is 7.97. The third-order valence-corrected chi connectivity index (χ3v) is 3.17. The van der Waals surface area contributed by atoms with Gasteiger partial charge in [-0.15, -0.1) is 0 Å². The molecule has 1 heterocycles. The number of amides is 2. The second-order valence-electron chi connectivity index (χ2n) is 5.02. The Morgan fingerprint density at radius 3 is 2.64 bits per heavy atom. The quantitative estimate of drug-likeness (QED) is 0.753. The molecule has 0 aliphatic heterocycles. The Morgan fingerprint density at radius 2 is 1.95 bits per heavy atom. The van der Waals surface area contributed by atoms with Gasteiger partial charge in [0.25, 0.3) is 5.91 Å². The number of aromatic nitrogens is 2. The highest BCUT2D eigenvalue weighted by molar-refractivity contribution is 5.96. The molecule has 2 aromatic rings. The Balaban J connectivity index is 1.62. The lowest BCUT2D eigenvalue weighted by Crippen LogP contribution is -2.37. The molecule has 0 unspecified atom stereocenters. The van der Waals surface area contributed by atoms with Gasteiger partial charge in [0.15, 0.2) is 0 Å². The molecule has 0 radical (unpaired) electrons. The summed E-state index contributed by atoms with van der Waals surface area (Å²) in [4.78, 5) is 23.5. The number of rotatable bonds is 7. The molecule has 0 fully saturated rings. The molecule has 22 heavy (non-hydrogen) atoms. The van der Waals surface area contributed by atoms with Crippen LogP contribution in [0.15, 0.2) is 42.7 Å². The zero-order valence-corrected chi connectivity index (χ0v) is 12.6. The highest BCUT2D eigenvalue weighted by Crippen LogP contribution is 2.02. The maximum Gasteiger partial charge on any atom is 0.251 e. The molecule has 2 N–H and O–H groups in total. The van der Waals surface area contributed by atoms with Gasteiger partial charge in [0.2, 0.25) is 5.91 Å². The molecule has 1 aromatic carbocycles. The lowest BCUT2D eigenvalue weighted by Gasteiger charge is -2.07. The Bertz CT molecular complexity index is 606. The lowest BCUT2D eigenvalue weighted by molar-refractivity contribution is -0.120. The van der Waals surface area contributed by atoms with Crippen molar-refractivity contribution in [1.82, 2.24) is 20.4 Å². The van der Waals surface area contributed by atoms with Crippen molar-refractivity contribution < 1.29 is 9.59 Å². The van der Waals surface area contributed by atoms with E-state index in [1.807, 2.05) is 36.0 Å². The standard InChI is InChI=1S/C16H20N4O2/c1-13-4-6-14(7-5-13)16(22)18-12-15(21)17-8-2-10-20-11-3-9-19-20/h3-7,9,11H,2,8,10,12H2,1H3,(H,17,21)(H,18,22). The normalized spacial score (nSPS) is 10.2. The molecule has 116 valence electrons. The number of aryl methyl sites for hydroxylation is 2. The van der Waals surface area contributed by atoms with Crippen molar-refractivity contribution in [1.29, 1.82) is 0 Å². The van der Waals surface area contributed by atoms with Gasteiger partial charge in [-0.25, -0.2) is 0 Å². The van der Waals surface area contributed by atoms with Gasteiger partial charge in [0, 0.05) is 31.0 Å². The van der Waals surface area contributed by atoms with Gasteiger partial charge in [0.1, 0.15) is 0 Å². The summed E-state index contributed by atoms with van der Waals surface area (Å²) in [6.07, 6.45) is 4.39. The van der Waals surface area contributed by atoms with Crippen LogP contribution in [0.5, 0.6) is 0 Å². The number of nitrogens with one attached hydrogen (secondary N) is 2. The summed E-state index contributed by atoms with van der Waals surface area (Å²) in [5.74, 6) is -0.437. The predicted molar refractivity (Wildman–Crippen MR) is 83.4 cm³/mol. The first-order valence-corrected chi connectivity index (χ1v) is 7.24. The molecular weight excluding hydrogens is 280 g/mol. The largest absolute Gasteiger partial charge is 0.355 e. The molecule has 0 atom stereocenters. The molecule has 1 aromatic heterocycles. The van der Waals surface area contributed by atoms with Gasteiger partial charge >= 0.3 is 0 Å². The molecule has 0 aliphatic carbocycles. The van der Waals surface area contributed by atoms with Crippen LogP contribution in [0, 0.1) is 6.92 Å². The van der Waals surface area contributed by atoms with Crippen LogP contribution in [0.2, 0.25) is 0 Å². The van der Waals surface area contributed by atoms with Crippen LogP contribution in [0.3, 0.4) is 0 Å². The van der Waals surface area contributed by atoms with Crippen LogP contribution in [0.25, 0.3) is 0 Å². The first-order chi connectivity index (χ1) is 10.6. The van der Waals surface area contributed by atoms with E-state index < -0.39 is 0 Å². The fraction of sp³-hybridized carbons (Fsp3) is 0.312. The molecule has 0 aliphatic rings. The molecule has 6 nitrogen and oxygen atoms in total. The van der Waals surface area contributed by atoms with Crippen LogP contribution in [-0.4, -0.2) is 34.7 Å². The van der Waals surface area contributed by atoms with Crippen molar-refractivity contribution in [3.8, 4) is 0 Å². The third kappa shape index (κ3) is 5.05. The fourth-order valence-corrected chi connectivity index (χ4v) is 1.93. The number of benzene rings is 1. The Kier molecular flexibility index (Phi) is 5.71. The molecule has 2 rings (SSSR count). The first-order valence-electron chi connectivity index (χ1n) is 7.24. The van der Waals surface area contributed by atoms with Crippen LogP contribution in [0.1, 0.15) is 22.3 Å². The molecule has 6 heteroatoms. The zero-order chi connectivity index (χ0) is 15.8. The molecule has 2 amide bonds. The number of nitrogens with zero attached hydrogens (tertiary/aromatic N) is 2. The number of carbonyl (C=O) groups excluding carboxylic acids is 2. The van der Waals surface area contributed by atoms with Crippen molar-refractivity contribution in [3.05, 3.63) is 53.9 Å². The van der Waals surface area contributed by atoms with Crippen molar-refractivity contribution in [2.75, 3.05) is 13.1 Å². The number of carbonyl (C=O) groups is 2. The Labute approximate surface area is 129 Å². The minimum absolute atomic E-state index is 0.0194. The first kappa shape index (κ1) is 15.8. The van der Waals surface area contributed by atoms with E-state index in [9.17, 15) is 9.59 Å².